The summed E-state index contributed by atoms with van der Waals surface area (Å²) >= 11 is 0. The third-order valence-electron chi connectivity index (χ3n) is 4.83. The summed E-state index contributed by atoms with van der Waals surface area (Å²) in [4.78, 5) is 0. The van der Waals surface area contributed by atoms with E-state index in [9.17, 15) is 8.42 Å². The lowest BCUT2D eigenvalue weighted by Gasteiger charge is -2.43. The van der Waals surface area contributed by atoms with E-state index in [0.29, 0.717) is 18.0 Å². The molecule has 0 amide bonds. The van der Waals surface area contributed by atoms with Gasteiger partial charge in [-0.25, -0.2) is 13.1 Å². The van der Waals surface area contributed by atoms with Crippen molar-refractivity contribution in [3.63, 3.8) is 0 Å². The van der Waals surface area contributed by atoms with Crippen LogP contribution in [0.25, 0.3) is 0 Å². The van der Waals surface area contributed by atoms with Crippen molar-refractivity contribution in [3.8, 4) is 0 Å². The Morgan fingerprint density at radius 1 is 1.16 bits per heavy atom. The Hall–Kier alpha value is -0.170. The summed E-state index contributed by atoms with van der Waals surface area (Å²) in [7, 11) is -1.60. The normalized spacial score (nSPS) is 24.7. The van der Waals surface area contributed by atoms with Gasteiger partial charge in [-0.15, -0.1) is 0 Å². The average Bonchev–Trinajstić information content (AvgIpc) is 2.42. The van der Waals surface area contributed by atoms with E-state index in [1.165, 1.54) is 58.7 Å². The van der Waals surface area contributed by atoms with Crippen LogP contribution >= 0.6 is 0 Å². The van der Waals surface area contributed by atoms with Crippen LogP contribution in [-0.2, 0) is 10.0 Å². The summed E-state index contributed by atoms with van der Waals surface area (Å²) < 4.78 is 25.0. The van der Waals surface area contributed by atoms with Crippen molar-refractivity contribution >= 4 is 10.0 Å². The fourth-order valence-corrected chi connectivity index (χ4v) is 3.98. The molecule has 5 nitrogen and oxygen atoms in total. The van der Waals surface area contributed by atoms with Crippen molar-refractivity contribution in [3.05, 3.63) is 0 Å². The van der Waals surface area contributed by atoms with Crippen LogP contribution in [-0.4, -0.2) is 46.9 Å². The van der Waals surface area contributed by atoms with Crippen molar-refractivity contribution in [1.29, 1.82) is 0 Å². The van der Waals surface area contributed by atoms with E-state index in [2.05, 4.69) is 15.4 Å². The predicted octanol–water partition coefficient (Wildman–Crippen LogP) is 0.438. The van der Waals surface area contributed by atoms with Gasteiger partial charge in [-0.3, -0.25) is 0 Å². The molecule has 0 aromatic rings. The summed E-state index contributed by atoms with van der Waals surface area (Å²) in [6.07, 6.45) is 7.61. The van der Waals surface area contributed by atoms with E-state index in [1.807, 2.05) is 0 Å². The van der Waals surface area contributed by atoms with Gasteiger partial charge in [0.2, 0.25) is 10.0 Å². The summed E-state index contributed by atoms with van der Waals surface area (Å²) in [6.45, 7) is 2.89. The van der Waals surface area contributed by atoms with Gasteiger partial charge in [0.25, 0.3) is 0 Å². The van der Waals surface area contributed by atoms with Crippen molar-refractivity contribution in [1.82, 2.24) is 15.4 Å². The molecule has 2 rings (SSSR count). The van der Waals surface area contributed by atoms with Crippen molar-refractivity contribution in [2.75, 3.05) is 32.4 Å². The molecule has 3 N–H and O–H groups in total. The van der Waals surface area contributed by atoms with Crippen LogP contribution in [0.3, 0.4) is 0 Å². The highest BCUT2D eigenvalue weighted by molar-refractivity contribution is 7.89. The topological polar surface area (TPSA) is 70.2 Å². The number of hydrogen-bond acceptors (Lipinski definition) is 4. The molecule has 0 unspecified atom stereocenters. The number of hydrogen-bond donors (Lipinski definition) is 3. The first-order valence-electron chi connectivity index (χ1n) is 7.41. The van der Waals surface area contributed by atoms with Gasteiger partial charge in [-0.2, -0.15) is 0 Å². The van der Waals surface area contributed by atoms with E-state index < -0.39 is 10.0 Å². The Morgan fingerprint density at radius 3 is 2.37 bits per heavy atom. The van der Waals surface area contributed by atoms with Crippen LogP contribution in [0.4, 0.5) is 0 Å². The lowest BCUT2D eigenvalue weighted by molar-refractivity contribution is 0.116. The largest absolute Gasteiger partial charge is 0.317 e. The standard InChI is InChI=1S/C13H27N3O2S/c1-14-19(17,18)11-10-16-12-2-4-13(5-3-12)6-8-15-9-7-13/h12,14-16H,2-11H2,1H3. The first-order chi connectivity index (χ1) is 9.05. The van der Waals surface area contributed by atoms with Crippen LogP contribution in [0, 0.1) is 5.41 Å². The fraction of sp³-hybridized carbons (Fsp3) is 1.00. The highest BCUT2D eigenvalue weighted by Gasteiger charge is 2.35. The lowest BCUT2D eigenvalue weighted by atomic mass is 9.67. The molecule has 1 saturated heterocycles. The number of rotatable bonds is 5. The van der Waals surface area contributed by atoms with E-state index in [4.69, 9.17) is 0 Å². The summed E-state index contributed by atoms with van der Waals surface area (Å²) in [5.74, 6) is 0.176. The zero-order valence-corrected chi connectivity index (χ0v) is 12.7. The zero-order valence-electron chi connectivity index (χ0n) is 11.9. The molecule has 112 valence electrons. The van der Waals surface area contributed by atoms with E-state index in [-0.39, 0.29) is 5.75 Å². The molecule has 1 aliphatic heterocycles. The third kappa shape index (κ3) is 4.41. The first-order valence-corrected chi connectivity index (χ1v) is 9.06. The van der Waals surface area contributed by atoms with Gasteiger partial charge in [0.15, 0.2) is 0 Å². The van der Waals surface area contributed by atoms with Gasteiger partial charge in [0, 0.05) is 12.6 Å². The Bertz CT molecular complexity index is 367. The molecule has 2 aliphatic rings. The molecule has 2 fully saturated rings. The summed E-state index contributed by atoms with van der Waals surface area (Å²) in [5.41, 5.74) is 0.584. The number of piperidine rings is 1. The Balaban J connectivity index is 1.69. The van der Waals surface area contributed by atoms with Gasteiger partial charge in [0.1, 0.15) is 0 Å². The predicted molar refractivity (Wildman–Crippen MR) is 77.6 cm³/mol. The maximum atomic E-state index is 11.3. The monoisotopic (exact) mass is 289 g/mol. The Morgan fingerprint density at radius 2 is 1.79 bits per heavy atom. The first kappa shape index (κ1) is 15.2. The highest BCUT2D eigenvalue weighted by atomic mass is 32.2. The van der Waals surface area contributed by atoms with Gasteiger partial charge in [-0.1, -0.05) is 0 Å². The van der Waals surface area contributed by atoms with Gasteiger partial charge < -0.3 is 10.6 Å². The molecule has 6 heteroatoms. The molecule has 0 aromatic heterocycles. The molecule has 1 heterocycles. The molecular formula is C13H27N3O2S. The van der Waals surface area contributed by atoms with Crippen molar-refractivity contribution in [2.24, 2.45) is 5.41 Å². The van der Waals surface area contributed by atoms with Crippen LogP contribution in [0.1, 0.15) is 38.5 Å². The minimum Gasteiger partial charge on any atom is -0.317 e. The Kier molecular flexibility index (Phi) is 5.22. The van der Waals surface area contributed by atoms with Gasteiger partial charge in [0.05, 0.1) is 5.75 Å². The molecule has 0 aromatic carbocycles. The van der Waals surface area contributed by atoms with E-state index in [0.717, 1.165) is 0 Å². The van der Waals surface area contributed by atoms with E-state index >= 15 is 0 Å². The third-order valence-corrected chi connectivity index (χ3v) is 6.19. The number of sulfonamides is 1. The number of nitrogens with one attached hydrogen (secondary N) is 3. The second kappa shape index (κ2) is 6.52. The average molecular weight is 289 g/mol. The second-order valence-electron chi connectivity index (χ2n) is 6.00. The maximum Gasteiger partial charge on any atom is 0.212 e. The minimum atomic E-state index is -3.07. The molecular weight excluding hydrogens is 262 g/mol. The van der Waals surface area contributed by atoms with Crippen molar-refractivity contribution in [2.45, 2.75) is 44.6 Å². The molecule has 0 bridgehead atoms. The Labute approximate surface area is 117 Å². The molecule has 1 saturated carbocycles. The minimum absolute atomic E-state index is 0.176. The molecule has 1 spiro atoms. The van der Waals surface area contributed by atoms with Gasteiger partial charge >= 0.3 is 0 Å². The van der Waals surface area contributed by atoms with E-state index in [1.54, 1.807) is 0 Å². The quantitative estimate of drug-likeness (QED) is 0.687. The van der Waals surface area contributed by atoms with Gasteiger partial charge in [-0.05, 0) is 64.1 Å². The van der Waals surface area contributed by atoms with Crippen LogP contribution in [0.15, 0.2) is 0 Å². The van der Waals surface area contributed by atoms with Crippen LogP contribution in [0.5, 0.6) is 0 Å². The molecule has 0 radical (unpaired) electrons. The fourth-order valence-electron chi connectivity index (χ4n) is 3.39. The molecule has 19 heavy (non-hydrogen) atoms. The van der Waals surface area contributed by atoms with Crippen molar-refractivity contribution < 1.29 is 8.42 Å². The SMILES string of the molecule is CNS(=O)(=O)CCNC1CCC2(CCNCC2)CC1. The summed E-state index contributed by atoms with van der Waals surface area (Å²) in [5, 5.41) is 6.83. The zero-order chi connectivity index (χ0) is 13.8. The molecule has 0 atom stereocenters. The smallest absolute Gasteiger partial charge is 0.212 e. The highest BCUT2D eigenvalue weighted by Crippen LogP contribution is 2.43. The summed E-state index contributed by atoms with van der Waals surface area (Å²) in [6, 6.07) is 0.507. The maximum absolute atomic E-state index is 11.3. The molecule has 1 aliphatic carbocycles. The second-order valence-corrected chi connectivity index (χ2v) is 8.05. The van der Waals surface area contributed by atoms with Crippen LogP contribution in [0.2, 0.25) is 0 Å². The van der Waals surface area contributed by atoms with Crippen LogP contribution < -0.4 is 15.4 Å². The lowest BCUT2D eigenvalue weighted by Crippen LogP contribution is -2.44.